The highest BCUT2D eigenvalue weighted by molar-refractivity contribution is 6.36. The molecule has 0 spiro atoms. The lowest BCUT2D eigenvalue weighted by Crippen LogP contribution is -2.26. The Morgan fingerprint density at radius 1 is 0.944 bits per heavy atom. The summed E-state index contributed by atoms with van der Waals surface area (Å²) in [5.41, 5.74) is 3.75. The number of rotatable bonds is 6. The summed E-state index contributed by atoms with van der Waals surface area (Å²) >= 11 is 12.3. The van der Waals surface area contributed by atoms with Gasteiger partial charge in [-0.15, -0.1) is 0 Å². The number of halogens is 2. The maximum absolute atomic E-state index is 13.4. The fourth-order valence-electron chi connectivity index (χ4n) is 4.55. The highest BCUT2D eigenvalue weighted by Gasteiger charge is 2.29. The smallest absolute Gasteiger partial charge is 0.217 e. The maximum Gasteiger partial charge on any atom is 0.217 e. The molecule has 1 aliphatic carbocycles. The van der Waals surface area contributed by atoms with Crippen LogP contribution in [-0.2, 0) is 11.2 Å². The van der Waals surface area contributed by atoms with E-state index < -0.39 is 6.04 Å². The summed E-state index contributed by atoms with van der Waals surface area (Å²) in [7, 11) is 4.67. The Hall–Kier alpha value is -3.42. The molecule has 1 unspecified atom stereocenters. The predicted molar refractivity (Wildman–Crippen MR) is 142 cm³/mol. The van der Waals surface area contributed by atoms with Crippen molar-refractivity contribution in [2.75, 3.05) is 26.6 Å². The Balaban J connectivity index is 1.98. The van der Waals surface area contributed by atoms with Crippen LogP contribution in [0, 0.1) is 0 Å². The van der Waals surface area contributed by atoms with E-state index in [0.29, 0.717) is 57.1 Å². The van der Waals surface area contributed by atoms with Crippen LogP contribution in [0.5, 0.6) is 17.2 Å². The Morgan fingerprint density at radius 2 is 1.67 bits per heavy atom. The van der Waals surface area contributed by atoms with Gasteiger partial charge in [0.05, 0.1) is 43.8 Å². The number of amides is 1. The molecule has 1 amide bonds. The van der Waals surface area contributed by atoms with Gasteiger partial charge in [0, 0.05) is 17.5 Å². The molecule has 4 rings (SSSR count). The van der Waals surface area contributed by atoms with Gasteiger partial charge in [-0.05, 0) is 65.9 Å². The minimum absolute atomic E-state index is 0.190. The zero-order valence-corrected chi connectivity index (χ0v) is 21.8. The number of carbonyl (C=O) groups is 1. The summed E-state index contributed by atoms with van der Waals surface area (Å²) < 4.78 is 17.0. The van der Waals surface area contributed by atoms with Gasteiger partial charge >= 0.3 is 0 Å². The van der Waals surface area contributed by atoms with E-state index in [-0.39, 0.29) is 11.3 Å². The van der Waals surface area contributed by atoms with Crippen molar-refractivity contribution >= 4 is 40.5 Å². The van der Waals surface area contributed by atoms with Gasteiger partial charge in [0.1, 0.15) is 0 Å². The molecule has 0 saturated carbocycles. The molecule has 3 aromatic carbocycles. The Bertz CT molecular complexity index is 1390. The number of aryl methyl sites for hydroxylation is 1. The van der Waals surface area contributed by atoms with Gasteiger partial charge in [-0.2, -0.15) is 0 Å². The molecule has 0 radical (unpaired) electrons. The normalized spacial score (nSPS) is 14.1. The van der Waals surface area contributed by atoms with E-state index in [1.54, 1.807) is 51.7 Å². The first-order chi connectivity index (χ1) is 17.3. The van der Waals surface area contributed by atoms with Crippen LogP contribution >= 0.6 is 23.2 Å². The van der Waals surface area contributed by atoms with Crippen LogP contribution < -0.4 is 30.3 Å². The molecule has 188 valence electrons. The molecule has 0 aliphatic heterocycles. The lowest BCUT2D eigenvalue weighted by Gasteiger charge is -2.19. The average molecular weight is 529 g/mol. The van der Waals surface area contributed by atoms with Gasteiger partial charge < -0.3 is 24.8 Å². The Labute approximate surface area is 219 Å². The first-order valence-electron chi connectivity index (χ1n) is 11.3. The van der Waals surface area contributed by atoms with Crippen molar-refractivity contribution in [1.29, 1.82) is 0 Å². The van der Waals surface area contributed by atoms with Crippen LogP contribution in [0.3, 0.4) is 0 Å². The van der Waals surface area contributed by atoms with Crippen LogP contribution in [0.4, 0.5) is 11.4 Å². The van der Waals surface area contributed by atoms with Gasteiger partial charge in [-0.1, -0.05) is 29.3 Å². The number of carbonyl (C=O) groups excluding carboxylic acids is 1. The molecule has 0 heterocycles. The van der Waals surface area contributed by atoms with Crippen molar-refractivity contribution in [3.63, 3.8) is 0 Å². The van der Waals surface area contributed by atoms with Crippen molar-refractivity contribution in [1.82, 2.24) is 5.32 Å². The van der Waals surface area contributed by atoms with E-state index in [1.807, 2.05) is 12.1 Å². The van der Waals surface area contributed by atoms with Crippen molar-refractivity contribution in [3.8, 4) is 28.4 Å². The zero-order valence-electron chi connectivity index (χ0n) is 20.3. The quantitative estimate of drug-likeness (QED) is 0.413. The topological polar surface area (TPSA) is 85.9 Å². The number of hydrogen-bond acceptors (Lipinski definition) is 6. The molecule has 0 fully saturated rings. The first kappa shape index (κ1) is 25.7. The maximum atomic E-state index is 13.4. The van der Waals surface area contributed by atoms with E-state index in [0.717, 1.165) is 16.7 Å². The Morgan fingerprint density at radius 3 is 2.31 bits per heavy atom. The van der Waals surface area contributed by atoms with Crippen LogP contribution in [0.1, 0.15) is 30.5 Å². The van der Waals surface area contributed by atoms with Crippen molar-refractivity contribution in [2.45, 2.75) is 25.8 Å². The fourth-order valence-corrected chi connectivity index (χ4v) is 5.00. The number of nitrogens with one attached hydrogen (secondary N) is 2. The van der Waals surface area contributed by atoms with Crippen LogP contribution in [0.15, 0.2) is 47.3 Å². The summed E-state index contributed by atoms with van der Waals surface area (Å²) in [5, 5.41) is 6.98. The number of hydrogen-bond donors (Lipinski definition) is 2. The molecule has 0 bridgehead atoms. The van der Waals surface area contributed by atoms with E-state index in [4.69, 9.17) is 37.4 Å². The molecule has 36 heavy (non-hydrogen) atoms. The second kappa shape index (κ2) is 10.7. The van der Waals surface area contributed by atoms with Crippen molar-refractivity contribution < 1.29 is 19.0 Å². The summed E-state index contributed by atoms with van der Waals surface area (Å²) in [6.45, 7) is 1.46. The average Bonchev–Trinajstić information content (AvgIpc) is 3.08. The van der Waals surface area contributed by atoms with Gasteiger partial charge in [0.25, 0.3) is 0 Å². The van der Waals surface area contributed by atoms with Crippen molar-refractivity contribution in [3.05, 3.63) is 73.9 Å². The molecule has 1 atom stereocenters. The molecule has 7 nitrogen and oxygen atoms in total. The molecule has 9 heteroatoms. The van der Waals surface area contributed by atoms with Crippen LogP contribution in [0.25, 0.3) is 11.1 Å². The van der Waals surface area contributed by atoms with Crippen LogP contribution in [-0.4, -0.2) is 27.2 Å². The molecule has 0 aromatic heterocycles. The summed E-state index contributed by atoms with van der Waals surface area (Å²) in [6.07, 6.45) is 1.20. The molecule has 1 aliphatic rings. The molecular formula is C27H26Cl2N2O5. The van der Waals surface area contributed by atoms with Crippen LogP contribution in [0.2, 0.25) is 10.0 Å². The number of ether oxygens (including phenoxy) is 3. The van der Waals surface area contributed by atoms with Gasteiger partial charge in [0.15, 0.2) is 11.5 Å². The predicted octanol–water partition coefficient (Wildman–Crippen LogP) is 5.91. The third-order valence-electron chi connectivity index (χ3n) is 6.12. The fraction of sp³-hybridized carbons (Fsp3) is 0.259. The second-order valence-corrected chi connectivity index (χ2v) is 9.19. The molecule has 2 N–H and O–H groups in total. The van der Waals surface area contributed by atoms with E-state index in [2.05, 4.69) is 10.6 Å². The minimum atomic E-state index is -0.390. The van der Waals surface area contributed by atoms with E-state index >= 15 is 0 Å². The highest BCUT2D eigenvalue weighted by Crippen LogP contribution is 2.50. The summed E-state index contributed by atoms with van der Waals surface area (Å²) in [4.78, 5) is 25.5. The third kappa shape index (κ3) is 4.94. The van der Waals surface area contributed by atoms with Gasteiger partial charge in [-0.3, -0.25) is 9.59 Å². The summed E-state index contributed by atoms with van der Waals surface area (Å²) in [6, 6.07) is 11.6. The Kier molecular flexibility index (Phi) is 7.62. The largest absolute Gasteiger partial charge is 0.493 e. The van der Waals surface area contributed by atoms with Gasteiger partial charge in [0.2, 0.25) is 17.1 Å². The number of fused-ring (bicyclic) bond motifs is 3. The minimum Gasteiger partial charge on any atom is -0.493 e. The van der Waals surface area contributed by atoms with E-state index in [1.165, 1.54) is 6.92 Å². The first-order valence-corrected chi connectivity index (χ1v) is 12.0. The molecule has 3 aromatic rings. The lowest BCUT2D eigenvalue weighted by atomic mass is 9.95. The lowest BCUT2D eigenvalue weighted by molar-refractivity contribution is -0.119. The number of methoxy groups -OCH3 is 3. The van der Waals surface area contributed by atoms with Gasteiger partial charge in [-0.25, -0.2) is 0 Å². The SMILES string of the molecule is COc1cc2c(c(OC)c1OC)-c1ccc(Nc3ccc(Cl)cc3Cl)c(=O)cc1C(NC(C)=O)CC2. The van der Waals surface area contributed by atoms with E-state index in [9.17, 15) is 9.59 Å². The standard InChI is InChI=1S/C27H26Cl2N2O5/c1-14(32)30-20-8-5-15-11-24(34-2)26(35-3)27(36-4)25(15)17-7-10-22(23(33)13-18(17)20)31-21-9-6-16(28)12-19(21)29/h6-7,9-13,20H,5,8H2,1-4H3,(H,30,32)(H,31,33). The number of anilines is 2. The second-order valence-electron chi connectivity index (χ2n) is 8.35. The molecule has 0 saturated heterocycles. The highest BCUT2D eigenvalue weighted by atomic mass is 35.5. The van der Waals surface area contributed by atoms with Crippen molar-refractivity contribution in [2.24, 2.45) is 0 Å². The zero-order chi connectivity index (χ0) is 26.0. The third-order valence-corrected chi connectivity index (χ3v) is 6.66. The number of benzene rings is 2. The monoisotopic (exact) mass is 528 g/mol. The summed E-state index contributed by atoms with van der Waals surface area (Å²) in [5.74, 6) is 1.29. The molecular weight excluding hydrogens is 503 g/mol.